The highest BCUT2D eigenvalue weighted by Crippen LogP contribution is 2.06. The number of hydrogen-bond donors (Lipinski definition) is 0. The zero-order valence-corrected chi connectivity index (χ0v) is 11.8. The van der Waals surface area contributed by atoms with Gasteiger partial charge in [0, 0.05) is 26.1 Å². The van der Waals surface area contributed by atoms with Crippen LogP contribution in [0, 0.1) is 0 Å². The Labute approximate surface area is 106 Å². The van der Waals surface area contributed by atoms with Crippen molar-refractivity contribution in [3.63, 3.8) is 0 Å². The molecule has 2 nitrogen and oxygen atoms in total. The van der Waals surface area contributed by atoms with E-state index in [1.165, 1.54) is 45.1 Å². The third kappa shape index (κ3) is 10.7. The molecule has 0 aliphatic heterocycles. The second kappa shape index (κ2) is 13.3. The SMILES string of the molecule is CCCCCCCCN(CCCl)CCOC. The fourth-order valence-electron chi connectivity index (χ4n) is 1.79. The molecular weight excluding hydrogens is 222 g/mol. The van der Waals surface area contributed by atoms with E-state index in [0.717, 1.165) is 25.6 Å². The summed E-state index contributed by atoms with van der Waals surface area (Å²) >= 11 is 5.77. The summed E-state index contributed by atoms with van der Waals surface area (Å²) < 4.78 is 5.09. The minimum Gasteiger partial charge on any atom is -0.383 e. The minimum atomic E-state index is 0.722. The van der Waals surface area contributed by atoms with Crippen molar-refractivity contribution in [3.8, 4) is 0 Å². The van der Waals surface area contributed by atoms with Gasteiger partial charge in [-0.05, 0) is 13.0 Å². The van der Waals surface area contributed by atoms with Gasteiger partial charge >= 0.3 is 0 Å². The first-order valence-electron chi connectivity index (χ1n) is 6.62. The Morgan fingerprint density at radius 2 is 1.62 bits per heavy atom. The predicted octanol–water partition coefficient (Wildman–Crippen LogP) is 3.53. The Morgan fingerprint density at radius 1 is 0.938 bits per heavy atom. The monoisotopic (exact) mass is 249 g/mol. The number of ether oxygens (including phenoxy) is 1. The van der Waals surface area contributed by atoms with Gasteiger partial charge in [0.2, 0.25) is 0 Å². The van der Waals surface area contributed by atoms with Crippen LogP contribution in [0.15, 0.2) is 0 Å². The van der Waals surface area contributed by atoms with Crippen LogP contribution in [0.1, 0.15) is 45.4 Å². The standard InChI is InChI=1S/C13H28ClNO/c1-3-4-5-6-7-8-10-15(11-9-14)12-13-16-2/h3-13H2,1-2H3. The lowest BCUT2D eigenvalue weighted by molar-refractivity contribution is 0.150. The first kappa shape index (κ1) is 16.2. The van der Waals surface area contributed by atoms with Gasteiger partial charge in [-0.25, -0.2) is 0 Å². The van der Waals surface area contributed by atoms with Gasteiger partial charge in [-0.15, -0.1) is 11.6 Å². The average Bonchev–Trinajstić information content (AvgIpc) is 2.30. The molecule has 98 valence electrons. The molecule has 0 fully saturated rings. The van der Waals surface area contributed by atoms with E-state index in [4.69, 9.17) is 16.3 Å². The van der Waals surface area contributed by atoms with Crippen molar-refractivity contribution in [2.75, 3.05) is 39.2 Å². The van der Waals surface area contributed by atoms with Crippen LogP contribution in [0.2, 0.25) is 0 Å². The molecule has 0 aromatic heterocycles. The molecule has 0 atom stereocenters. The fourth-order valence-corrected chi connectivity index (χ4v) is 2.03. The van der Waals surface area contributed by atoms with Crippen LogP contribution in [0.3, 0.4) is 0 Å². The highest BCUT2D eigenvalue weighted by molar-refractivity contribution is 6.18. The number of halogens is 1. The molecule has 16 heavy (non-hydrogen) atoms. The summed E-state index contributed by atoms with van der Waals surface area (Å²) in [6.45, 7) is 6.24. The molecule has 0 aromatic carbocycles. The third-order valence-electron chi connectivity index (χ3n) is 2.84. The second-order valence-corrected chi connectivity index (χ2v) is 4.67. The van der Waals surface area contributed by atoms with Crippen LogP contribution < -0.4 is 0 Å². The highest BCUT2D eigenvalue weighted by atomic mass is 35.5. The quantitative estimate of drug-likeness (QED) is 0.388. The topological polar surface area (TPSA) is 12.5 Å². The summed E-state index contributed by atoms with van der Waals surface area (Å²) in [5.41, 5.74) is 0. The van der Waals surface area contributed by atoms with Crippen molar-refractivity contribution in [3.05, 3.63) is 0 Å². The van der Waals surface area contributed by atoms with E-state index in [1.807, 2.05) is 0 Å². The van der Waals surface area contributed by atoms with Crippen molar-refractivity contribution in [1.82, 2.24) is 4.90 Å². The Morgan fingerprint density at radius 3 is 2.25 bits per heavy atom. The van der Waals surface area contributed by atoms with E-state index in [0.29, 0.717) is 0 Å². The van der Waals surface area contributed by atoms with Crippen molar-refractivity contribution in [2.24, 2.45) is 0 Å². The van der Waals surface area contributed by atoms with E-state index in [2.05, 4.69) is 11.8 Å². The van der Waals surface area contributed by atoms with E-state index in [9.17, 15) is 0 Å². The largest absolute Gasteiger partial charge is 0.383 e. The summed E-state index contributed by atoms with van der Waals surface area (Å²) in [7, 11) is 1.75. The number of alkyl halides is 1. The van der Waals surface area contributed by atoms with E-state index >= 15 is 0 Å². The van der Waals surface area contributed by atoms with Gasteiger partial charge in [-0.3, -0.25) is 4.90 Å². The minimum absolute atomic E-state index is 0.722. The molecule has 3 heteroatoms. The lowest BCUT2D eigenvalue weighted by Crippen LogP contribution is -2.30. The smallest absolute Gasteiger partial charge is 0.0589 e. The molecule has 0 saturated heterocycles. The molecule has 0 N–H and O–H groups in total. The summed E-state index contributed by atoms with van der Waals surface area (Å²) in [5.74, 6) is 0.722. The maximum absolute atomic E-state index is 5.77. The van der Waals surface area contributed by atoms with Gasteiger partial charge in [-0.2, -0.15) is 0 Å². The molecule has 0 aliphatic rings. The first-order valence-corrected chi connectivity index (χ1v) is 7.15. The van der Waals surface area contributed by atoms with Gasteiger partial charge < -0.3 is 4.74 Å². The van der Waals surface area contributed by atoms with E-state index in [-0.39, 0.29) is 0 Å². The summed E-state index contributed by atoms with van der Waals surface area (Å²) in [6.07, 6.45) is 8.13. The number of hydrogen-bond acceptors (Lipinski definition) is 2. The average molecular weight is 250 g/mol. The second-order valence-electron chi connectivity index (χ2n) is 4.29. The fraction of sp³-hybridized carbons (Fsp3) is 1.00. The number of rotatable bonds is 12. The Kier molecular flexibility index (Phi) is 13.4. The molecule has 0 aliphatic carbocycles. The molecule has 0 heterocycles. The predicted molar refractivity (Wildman–Crippen MR) is 72.4 cm³/mol. The Bertz CT molecular complexity index is 133. The molecular formula is C13H28ClNO. The number of nitrogens with zero attached hydrogens (tertiary/aromatic N) is 1. The zero-order chi connectivity index (χ0) is 12.1. The maximum Gasteiger partial charge on any atom is 0.0589 e. The molecule has 0 rings (SSSR count). The molecule has 0 unspecified atom stereocenters. The van der Waals surface area contributed by atoms with Crippen molar-refractivity contribution in [2.45, 2.75) is 45.4 Å². The van der Waals surface area contributed by atoms with Crippen molar-refractivity contribution < 1.29 is 4.74 Å². The zero-order valence-electron chi connectivity index (χ0n) is 11.0. The summed E-state index contributed by atoms with van der Waals surface area (Å²) in [6, 6.07) is 0. The van der Waals surface area contributed by atoms with E-state index in [1.54, 1.807) is 7.11 Å². The molecule has 0 bridgehead atoms. The van der Waals surface area contributed by atoms with Crippen molar-refractivity contribution in [1.29, 1.82) is 0 Å². The van der Waals surface area contributed by atoms with Crippen LogP contribution >= 0.6 is 11.6 Å². The molecule has 0 spiro atoms. The maximum atomic E-state index is 5.77. The Balaban J connectivity index is 3.36. The molecule has 0 amide bonds. The van der Waals surface area contributed by atoms with Gasteiger partial charge in [0.15, 0.2) is 0 Å². The molecule has 0 radical (unpaired) electrons. The van der Waals surface area contributed by atoms with Gasteiger partial charge in [0.05, 0.1) is 6.61 Å². The lowest BCUT2D eigenvalue weighted by Gasteiger charge is -2.20. The van der Waals surface area contributed by atoms with Crippen LogP contribution in [0.4, 0.5) is 0 Å². The van der Waals surface area contributed by atoms with Crippen LogP contribution in [-0.2, 0) is 4.74 Å². The first-order chi connectivity index (χ1) is 7.85. The van der Waals surface area contributed by atoms with Gasteiger partial charge in [0.25, 0.3) is 0 Å². The third-order valence-corrected chi connectivity index (χ3v) is 3.01. The van der Waals surface area contributed by atoms with Crippen LogP contribution in [0.25, 0.3) is 0 Å². The van der Waals surface area contributed by atoms with Crippen LogP contribution in [-0.4, -0.2) is 44.1 Å². The van der Waals surface area contributed by atoms with Crippen molar-refractivity contribution >= 4 is 11.6 Å². The number of unbranched alkanes of at least 4 members (excludes halogenated alkanes) is 5. The normalized spacial score (nSPS) is 11.2. The molecule has 0 saturated carbocycles. The van der Waals surface area contributed by atoms with Gasteiger partial charge in [0.1, 0.15) is 0 Å². The molecule has 0 aromatic rings. The Hall–Kier alpha value is 0.210. The summed E-state index contributed by atoms with van der Waals surface area (Å²) in [5, 5.41) is 0. The van der Waals surface area contributed by atoms with E-state index < -0.39 is 0 Å². The summed E-state index contributed by atoms with van der Waals surface area (Å²) in [4.78, 5) is 2.40. The van der Waals surface area contributed by atoms with Crippen LogP contribution in [0.5, 0.6) is 0 Å². The van der Waals surface area contributed by atoms with Gasteiger partial charge in [-0.1, -0.05) is 39.0 Å². The lowest BCUT2D eigenvalue weighted by atomic mass is 10.1. The number of methoxy groups -OCH3 is 1. The highest BCUT2D eigenvalue weighted by Gasteiger charge is 2.02.